The van der Waals surface area contributed by atoms with Gasteiger partial charge in [-0.2, -0.15) is 0 Å². The van der Waals surface area contributed by atoms with Crippen molar-refractivity contribution in [3.63, 3.8) is 0 Å². The second-order valence-electron chi connectivity index (χ2n) is 10.2. The van der Waals surface area contributed by atoms with E-state index < -0.39 is 0 Å². The second kappa shape index (κ2) is 11.6. The molecule has 2 aromatic rings. The summed E-state index contributed by atoms with van der Waals surface area (Å²) < 4.78 is 6.51. The summed E-state index contributed by atoms with van der Waals surface area (Å²) in [6, 6.07) is 8.62. The van der Waals surface area contributed by atoms with E-state index in [1.54, 1.807) is 0 Å². The van der Waals surface area contributed by atoms with Crippen LogP contribution in [0.25, 0.3) is 10.9 Å². The van der Waals surface area contributed by atoms with Crippen LogP contribution in [0, 0.1) is 0 Å². The number of likely N-dealkylation sites (tertiary alicyclic amines) is 1. The summed E-state index contributed by atoms with van der Waals surface area (Å²) in [4.78, 5) is 19.1. The van der Waals surface area contributed by atoms with Crippen molar-refractivity contribution in [3.8, 4) is 5.75 Å². The predicted molar refractivity (Wildman–Crippen MR) is 132 cm³/mol. The lowest BCUT2D eigenvalue weighted by Gasteiger charge is -2.32. The molecule has 0 unspecified atom stereocenters. The molecule has 1 saturated heterocycles. The van der Waals surface area contributed by atoms with Crippen LogP contribution in [-0.2, 0) is 11.2 Å². The van der Waals surface area contributed by atoms with Crippen LogP contribution in [0.4, 0.5) is 0 Å². The molecule has 1 fully saturated rings. The van der Waals surface area contributed by atoms with Crippen molar-refractivity contribution in [2.45, 2.75) is 90.7 Å². The maximum Gasteiger partial charge on any atom is 0.220 e. The second-order valence-corrected chi connectivity index (χ2v) is 10.2. The van der Waals surface area contributed by atoms with Crippen molar-refractivity contribution in [2.24, 2.45) is 0 Å². The lowest BCUT2D eigenvalue weighted by Crippen LogP contribution is -2.41. The van der Waals surface area contributed by atoms with Crippen molar-refractivity contribution in [1.29, 1.82) is 0 Å². The van der Waals surface area contributed by atoms with E-state index in [-0.39, 0.29) is 17.6 Å². The van der Waals surface area contributed by atoms with Gasteiger partial charge in [-0.25, -0.2) is 0 Å². The molecule has 1 aliphatic heterocycles. The van der Waals surface area contributed by atoms with Crippen molar-refractivity contribution < 1.29 is 9.53 Å². The Bertz CT molecular complexity index is 867. The Kier molecular flexibility index (Phi) is 8.92. The predicted octanol–water partition coefficient (Wildman–Crippen LogP) is 5.51. The zero-order valence-electron chi connectivity index (χ0n) is 20.5. The minimum atomic E-state index is -0.154. The molecule has 5 heteroatoms. The molecular weight excluding hydrogens is 398 g/mol. The fourth-order valence-electron chi connectivity index (χ4n) is 4.41. The quantitative estimate of drug-likeness (QED) is 0.496. The fraction of sp³-hybridized carbons (Fsp3) is 0.630. The van der Waals surface area contributed by atoms with Crippen molar-refractivity contribution in [1.82, 2.24) is 15.2 Å². The smallest absolute Gasteiger partial charge is 0.220 e. The minimum absolute atomic E-state index is 0.147. The molecule has 0 bridgehead atoms. The third-order valence-corrected chi connectivity index (χ3v) is 6.02. The van der Waals surface area contributed by atoms with Gasteiger partial charge in [-0.1, -0.05) is 25.8 Å². The molecule has 0 spiro atoms. The van der Waals surface area contributed by atoms with Crippen LogP contribution in [0.2, 0.25) is 0 Å². The van der Waals surface area contributed by atoms with Crippen LogP contribution in [0.5, 0.6) is 5.75 Å². The van der Waals surface area contributed by atoms with Gasteiger partial charge in [0.15, 0.2) is 0 Å². The summed E-state index contributed by atoms with van der Waals surface area (Å²) >= 11 is 0. The Morgan fingerprint density at radius 2 is 1.97 bits per heavy atom. The molecule has 0 aliphatic carbocycles. The molecule has 176 valence electrons. The third kappa shape index (κ3) is 7.77. The molecule has 0 atom stereocenters. The van der Waals surface area contributed by atoms with E-state index in [1.165, 1.54) is 30.2 Å². The number of hydrogen-bond acceptors (Lipinski definition) is 4. The zero-order chi connectivity index (χ0) is 23.0. The van der Waals surface area contributed by atoms with Crippen molar-refractivity contribution in [2.75, 3.05) is 19.6 Å². The first kappa shape index (κ1) is 24.5. The molecule has 1 aromatic carbocycles. The van der Waals surface area contributed by atoms with E-state index in [1.807, 2.05) is 33.0 Å². The summed E-state index contributed by atoms with van der Waals surface area (Å²) in [7, 11) is 0. The number of fused-ring (bicyclic) bond motifs is 1. The largest absolute Gasteiger partial charge is 0.488 e. The molecule has 1 N–H and O–H groups in total. The van der Waals surface area contributed by atoms with Crippen LogP contribution < -0.4 is 10.1 Å². The Morgan fingerprint density at radius 3 is 2.69 bits per heavy atom. The van der Waals surface area contributed by atoms with Gasteiger partial charge < -0.3 is 15.0 Å². The number of benzene rings is 1. The average Bonchev–Trinajstić information content (AvgIpc) is 2.74. The summed E-state index contributed by atoms with van der Waals surface area (Å²) in [5, 5.41) is 4.21. The Morgan fingerprint density at radius 1 is 1.19 bits per heavy atom. The van der Waals surface area contributed by atoms with Gasteiger partial charge in [0.25, 0.3) is 0 Å². The number of pyridine rings is 1. The van der Waals surface area contributed by atoms with Crippen molar-refractivity contribution in [3.05, 3.63) is 36.0 Å². The highest BCUT2D eigenvalue weighted by atomic mass is 16.5. The Hall–Kier alpha value is -2.14. The monoisotopic (exact) mass is 439 g/mol. The van der Waals surface area contributed by atoms with E-state index in [9.17, 15) is 4.79 Å². The minimum Gasteiger partial charge on any atom is -0.488 e. The van der Waals surface area contributed by atoms with E-state index >= 15 is 0 Å². The maximum atomic E-state index is 12.0. The van der Waals surface area contributed by atoms with Crippen LogP contribution in [0.3, 0.4) is 0 Å². The number of nitrogens with zero attached hydrogens (tertiary/aromatic N) is 2. The third-order valence-electron chi connectivity index (χ3n) is 6.02. The number of rotatable bonds is 10. The number of ether oxygens (including phenoxy) is 1. The number of aromatic nitrogens is 1. The number of amides is 1. The first-order valence-electron chi connectivity index (χ1n) is 12.4. The topological polar surface area (TPSA) is 54.5 Å². The summed E-state index contributed by atoms with van der Waals surface area (Å²) in [6.45, 7) is 11.3. The van der Waals surface area contributed by atoms with Crippen LogP contribution >= 0.6 is 0 Å². The first-order valence-corrected chi connectivity index (χ1v) is 12.4. The summed E-state index contributed by atoms with van der Waals surface area (Å²) in [6.07, 6.45) is 10.4. The maximum absolute atomic E-state index is 12.0. The Labute approximate surface area is 193 Å². The van der Waals surface area contributed by atoms with Crippen LogP contribution in [-0.4, -0.2) is 47.1 Å². The van der Waals surface area contributed by atoms with E-state index in [0.29, 0.717) is 6.42 Å². The highest BCUT2D eigenvalue weighted by molar-refractivity contribution is 5.85. The van der Waals surface area contributed by atoms with Gasteiger partial charge in [0.1, 0.15) is 17.4 Å². The first-order chi connectivity index (χ1) is 15.3. The zero-order valence-corrected chi connectivity index (χ0v) is 20.5. The number of piperidine rings is 1. The molecule has 3 rings (SSSR count). The standard InChI is InChI=1S/C27H41N3O2/c1-5-6-7-10-21-19-22-11-8-15-28-26(22)24(20-21)32-23-13-17-30(18-14-23)16-9-12-25(31)29-27(2,3)4/h8,11,15,19-20,23H,5-7,9-10,12-14,16-18H2,1-4H3,(H,29,31). The lowest BCUT2D eigenvalue weighted by atomic mass is 10.0. The lowest BCUT2D eigenvalue weighted by molar-refractivity contribution is -0.122. The highest BCUT2D eigenvalue weighted by Gasteiger charge is 2.22. The highest BCUT2D eigenvalue weighted by Crippen LogP contribution is 2.29. The van der Waals surface area contributed by atoms with Gasteiger partial charge in [0.05, 0.1) is 0 Å². The van der Waals surface area contributed by atoms with Gasteiger partial charge in [0.2, 0.25) is 5.91 Å². The number of hydrogen-bond donors (Lipinski definition) is 1. The fourth-order valence-corrected chi connectivity index (χ4v) is 4.41. The van der Waals surface area contributed by atoms with Gasteiger partial charge in [-0.05, 0) is 83.2 Å². The number of carbonyl (C=O) groups is 1. The SMILES string of the molecule is CCCCCc1cc(OC2CCN(CCCC(=O)NC(C)(C)C)CC2)c2ncccc2c1. The molecule has 1 aromatic heterocycles. The van der Waals surface area contributed by atoms with Gasteiger partial charge in [0, 0.05) is 36.6 Å². The van der Waals surface area contributed by atoms with Gasteiger partial charge in [-0.15, -0.1) is 0 Å². The van der Waals surface area contributed by atoms with E-state index in [0.717, 1.165) is 56.6 Å². The van der Waals surface area contributed by atoms with Gasteiger partial charge in [-0.3, -0.25) is 9.78 Å². The van der Waals surface area contributed by atoms with Crippen molar-refractivity contribution >= 4 is 16.8 Å². The van der Waals surface area contributed by atoms with E-state index in [2.05, 4.69) is 40.3 Å². The summed E-state index contributed by atoms with van der Waals surface area (Å²) in [5.74, 6) is 1.08. The van der Waals surface area contributed by atoms with Crippen LogP contribution in [0.1, 0.15) is 78.2 Å². The van der Waals surface area contributed by atoms with Gasteiger partial charge >= 0.3 is 0 Å². The molecular formula is C27H41N3O2. The molecule has 1 amide bonds. The molecule has 0 saturated carbocycles. The number of nitrogens with one attached hydrogen (secondary N) is 1. The Balaban J connectivity index is 1.50. The average molecular weight is 440 g/mol. The van der Waals surface area contributed by atoms with E-state index in [4.69, 9.17) is 4.74 Å². The number of aryl methyl sites for hydroxylation is 1. The number of carbonyl (C=O) groups excluding carboxylic acids is 1. The number of unbranched alkanes of at least 4 members (excludes halogenated alkanes) is 2. The normalized spacial score (nSPS) is 15.8. The molecule has 1 aliphatic rings. The molecule has 2 heterocycles. The molecule has 0 radical (unpaired) electrons. The van der Waals surface area contributed by atoms with Crippen LogP contribution in [0.15, 0.2) is 30.5 Å². The molecule has 32 heavy (non-hydrogen) atoms. The summed E-state index contributed by atoms with van der Waals surface area (Å²) in [5.41, 5.74) is 2.16. The molecule has 5 nitrogen and oxygen atoms in total.